The van der Waals surface area contributed by atoms with E-state index < -0.39 is 0 Å². The van der Waals surface area contributed by atoms with E-state index in [4.69, 9.17) is 0 Å². The van der Waals surface area contributed by atoms with E-state index >= 15 is 0 Å². The zero-order valence-electron chi connectivity index (χ0n) is 14.2. The Kier molecular flexibility index (Phi) is 5.28. The molecule has 0 spiro atoms. The number of hydrogen-bond acceptors (Lipinski definition) is 4. The largest absolute Gasteiger partial charge is 0.505 e. The van der Waals surface area contributed by atoms with E-state index in [9.17, 15) is 14.3 Å². The third-order valence-electron chi connectivity index (χ3n) is 4.73. The van der Waals surface area contributed by atoms with Crippen molar-refractivity contribution in [2.24, 2.45) is 0 Å². The fourth-order valence-corrected chi connectivity index (χ4v) is 3.36. The molecular formula is C19H22FN3O2. The molecule has 1 aromatic carbocycles. The second-order valence-corrected chi connectivity index (χ2v) is 6.47. The van der Waals surface area contributed by atoms with E-state index in [0.29, 0.717) is 0 Å². The van der Waals surface area contributed by atoms with Gasteiger partial charge < -0.3 is 15.3 Å². The molecular weight excluding hydrogens is 321 g/mol. The molecule has 0 aliphatic carbocycles. The van der Waals surface area contributed by atoms with Crippen molar-refractivity contribution in [3.8, 4) is 5.75 Å². The summed E-state index contributed by atoms with van der Waals surface area (Å²) in [5, 5.41) is 12.8. The van der Waals surface area contributed by atoms with Crippen LogP contribution in [0.25, 0.3) is 0 Å². The van der Waals surface area contributed by atoms with Gasteiger partial charge in [0.25, 0.3) is 5.91 Å². The van der Waals surface area contributed by atoms with Crippen LogP contribution in [0.3, 0.4) is 0 Å². The minimum atomic E-state index is -0.373. The number of hydrogen-bond donors (Lipinski definition) is 2. The van der Waals surface area contributed by atoms with E-state index in [2.05, 4.69) is 15.2 Å². The van der Waals surface area contributed by atoms with Crippen LogP contribution >= 0.6 is 0 Å². The van der Waals surface area contributed by atoms with Gasteiger partial charge in [0.15, 0.2) is 5.69 Å². The third kappa shape index (κ3) is 4.14. The number of aromatic nitrogens is 1. The highest BCUT2D eigenvalue weighted by molar-refractivity contribution is 5.94. The van der Waals surface area contributed by atoms with Crippen molar-refractivity contribution in [2.45, 2.75) is 31.3 Å². The Morgan fingerprint density at radius 3 is 2.84 bits per heavy atom. The van der Waals surface area contributed by atoms with Crippen LogP contribution in [0.5, 0.6) is 5.75 Å². The first-order chi connectivity index (χ1) is 12.0. The van der Waals surface area contributed by atoms with Crippen LogP contribution in [0.1, 0.15) is 28.9 Å². The number of carbonyl (C=O) groups is 1. The van der Waals surface area contributed by atoms with Crippen LogP contribution in [0.4, 0.5) is 4.39 Å². The molecule has 5 nitrogen and oxygen atoms in total. The molecule has 0 saturated carbocycles. The van der Waals surface area contributed by atoms with Gasteiger partial charge in [-0.2, -0.15) is 0 Å². The van der Waals surface area contributed by atoms with Gasteiger partial charge in [-0.25, -0.2) is 9.37 Å². The minimum absolute atomic E-state index is 0.0382. The zero-order chi connectivity index (χ0) is 17.8. The number of halogens is 1. The summed E-state index contributed by atoms with van der Waals surface area (Å²) in [4.78, 5) is 18.7. The number of carbonyl (C=O) groups excluding carboxylic acids is 1. The first-order valence-electron chi connectivity index (χ1n) is 8.44. The van der Waals surface area contributed by atoms with E-state index in [1.54, 1.807) is 18.2 Å². The van der Waals surface area contributed by atoms with Gasteiger partial charge in [-0.1, -0.05) is 12.1 Å². The van der Waals surface area contributed by atoms with E-state index in [1.165, 1.54) is 24.4 Å². The Morgan fingerprint density at radius 1 is 1.36 bits per heavy atom. The lowest BCUT2D eigenvalue weighted by Gasteiger charge is -2.39. The van der Waals surface area contributed by atoms with Crippen molar-refractivity contribution in [2.75, 3.05) is 13.6 Å². The predicted molar refractivity (Wildman–Crippen MR) is 92.9 cm³/mol. The average molecular weight is 343 g/mol. The van der Waals surface area contributed by atoms with Crippen LogP contribution in [0.2, 0.25) is 0 Å². The first-order valence-corrected chi connectivity index (χ1v) is 8.44. The van der Waals surface area contributed by atoms with Crippen LogP contribution < -0.4 is 5.32 Å². The fraction of sp³-hybridized carbons (Fsp3) is 0.368. The number of benzene rings is 1. The average Bonchev–Trinajstić information content (AvgIpc) is 2.60. The second-order valence-electron chi connectivity index (χ2n) is 6.47. The second kappa shape index (κ2) is 7.61. The molecule has 6 heteroatoms. The molecule has 3 rings (SSSR count). The van der Waals surface area contributed by atoms with E-state index in [1.807, 2.05) is 7.05 Å². The number of nitrogens with zero attached hydrogens (tertiary/aromatic N) is 2. The molecule has 132 valence electrons. The fourth-order valence-electron chi connectivity index (χ4n) is 3.36. The molecule has 1 aliphatic heterocycles. The predicted octanol–water partition coefficient (Wildman–Crippen LogP) is 2.36. The highest BCUT2D eigenvalue weighted by atomic mass is 19.1. The van der Waals surface area contributed by atoms with Crippen LogP contribution in [-0.2, 0) is 6.42 Å². The number of rotatable bonds is 4. The van der Waals surface area contributed by atoms with Gasteiger partial charge in [0.2, 0.25) is 0 Å². The molecule has 1 fully saturated rings. The number of piperidine rings is 1. The quantitative estimate of drug-likeness (QED) is 0.894. The maximum atomic E-state index is 13.1. The topological polar surface area (TPSA) is 65.5 Å². The minimum Gasteiger partial charge on any atom is -0.505 e. The standard InChI is InChI=1S/C19H22FN3O2/c1-23-11-3-4-15(16(23)12-13-6-8-14(20)9-7-13)22-19(25)18-17(24)5-2-10-21-18/h2,5-10,15-16,24H,3-4,11-12H2,1H3,(H,22,25)/t15-,16-/m0/s1. The summed E-state index contributed by atoms with van der Waals surface area (Å²) < 4.78 is 13.1. The normalized spacial score (nSPS) is 21.0. The number of pyridine rings is 1. The zero-order valence-corrected chi connectivity index (χ0v) is 14.2. The number of aromatic hydroxyl groups is 1. The van der Waals surface area contributed by atoms with Crippen molar-refractivity contribution in [3.05, 3.63) is 59.7 Å². The van der Waals surface area contributed by atoms with Gasteiger partial charge in [-0.15, -0.1) is 0 Å². The van der Waals surface area contributed by atoms with E-state index in [-0.39, 0.29) is 35.3 Å². The van der Waals surface area contributed by atoms with Crippen molar-refractivity contribution in [3.63, 3.8) is 0 Å². The molecule has 1 saturated heterocycles. The van der Waals surface area contributed by atoms with Crippen molar-refractivity contribution in [1.82, 2.24) is 15.2 Å². The maximum Gasteiger partial charge on any atom is 0.274 e. The van der Waals surface area contributed by atoms with Gasteiger partial charge in [-0.3, -0.25) is 4.79 Å². The number of likely N-dealkylation sites (N-methyl/N-ethyl adjacent to an activating group) is 1. The lowest BCUT2D eigenvalue weighted by molar-refractivity contribution is 0.0844. The molecule has 0 unspecified atom stereocenters. The molecule has 25 heavy (non-hydrogen) atoms. The van der Waals surface area contributed by atoms with Gasteiger partial charge in [0.05, 0.1) is 0 Å². The summed E-state index contributed by atoms with van der Waals surface area (Å²) in [6.07, 6.45) is 4.04. The monoisotopic (exact) mass is 343 g/mol. The summed E-state index contributed by atoms with van der Waals surface area (Å²) in [7, 11) is 2.03. The lowest BCUT2D eigenvalue weighted by atomic mass is 9.91. The molecule has 1 amide bonds. The molecule has 0 bridgehead atoms. The maximum absolute atomic E-state index is 13.1. The molecule has 2 heterocycles. The molecule has 2 aromatic rings. The lowest BCUT2D eigenvalue weighted by Crippen LogP contribution is -2.55. The van der Waals surface area contributed by atoms with Crippen LogP contribution in [-0.4, -0.2) is 46.6 Å². The Bertz CT molecular complexity index is 736. The highest BCUT2D eigenvalue weighted by Crippen LogP contribution is 2.21. The van der Waals surface area contributed by atoms with Crippen molar-refractivity contribution < 1.29 is 14.3 Å². The Morgan fingerprint density at radius 2 is 2.12 bits per heavy atom. The summed E-state index contributed by atoms with van der Waals surface area (Å²) >= 11 is 0. The summed E-state index contributed by atoms with van der Waals surface area (Å²) in [5.41, 5.74) is 1.07. The van der Waals surface area contributed by atoms with Gasteiger partial charge in [-0.05, 0) is 62.7 Å². The number of amides is 1. The van der Waals surface area contributed by atoms with E-state index in [0.717, 1.165) is 31.4 Å². The Balaban J connectivity index is 1.74. The van der Waals surface area contributed by atoms with Gasteiger partial charge >= 0.3 is 0 Å². The van der Waals surface area contributed by atoms with Crippen LogP contribution in [0, 0.1) is 5.82 Å². The van der Waals surface area contributed by atoms with Crippen molar-refractivity contribution in [1.29, 1.82) is 0 Å². The number of nitrogens with one attached hydrogen (secondary N) is 1. The summed E-state index contributed by atoms with van der Waals surface area (Å²) in [5.74, 6) is -0.752. The Labute approximate surface area is 146 Å². The molecule has 1 aromatic heterocycles. The van der Waals surface area contributed by atoms with Gasteiger partial charge in [0, 0.05) is 18.3 Å². The third-order valence-corrected chi connectivity index (χ3v) is 4.73. The Hall–Kier alpha value is -2.47. The van der Waals surface area contributed by atoms with Crippen molar-refractivity contribution >= 4 is 5.91 Å². The summed E-state index contributed by atoms with van der Waals surface area (Å²) in [6, 6.07) is 9.55. The van der Waals surface area contributed by atoms with Gasteiger partial charge in [0.1, 0.15) is 11.6 Å². The molecule has 2 atom stereocenters. The first kappa shape index (κ1) is 17.4. The molecule has 0 radical (unpaired) electrons. The van der Waals surface area contributed by atoms with Crippen LogP contribution in [0.15, 0.2) is 42.6 Å². The smallest absolute Gasteiger partial charge is 0.274 e. The highest BCUT2D eigenvalue weighted by Gasteiger charge is 2.31. The molecule has 1 aliphatic rings. The summed E-state index contributed by atoms with van der Waals surface area (Å²) in [6.45, 7) is 0.951. The number of likely N-dealkylation sites (tertiary alicyclic amines) is 1. The molecule has 2 N–H and O–H groups in total. The SMILES string of the molecule is CN1CCC[C@H](NC(=O)c2ncccc2O)[C@@H]1Cc1ccc(F)cc1.